The standard InChI is InChI=1S/C17H23NO3/c1-11(19)13-4-2-12(3-5-13)9-18-10-14-6-7-15(20)8-16(14)17(18)21/h6-8,11-13,19-20H,2-5,9-10H2,1H3. The maximum Gasteiger partial charge on any atom is 0.254 e. The number of aliphatic hydroxyl groups is 1. The van der Waals surface area contributed by atoms with Crippen molar-refractivity contribution < 1.29 is 15.0 Å². The molecular formula is C17H23NO3. The number of nitrogens with zero attached hydrogens (tertiary/aromatic N) is 1. The first-order valence-corrected chi connectivity index (χ1v) is 7.84. The summed E-state index contributed by atoms with van der Waals surface area (Å²) in [4.78, 5) is 14.3. The van der Waals surface area contributed by atoms with Crippen molar-refractivity contribution in [2.75, 3.05) is 6.54 Å². The van der Waals surface area contributed by atoms with Gasteiger partial charge in [-0.15, -0.1) is 0 Å². The SMILES string of the molecule is CC(O)C1CCC(CN2Cc3ccc(O)cc3C2=O)CC1. The number of rotatable bonds is 3. The smallest absolute Gasteiger partial charge is 0.254 e. The summed E-state index contributed by atoms with van der Waals surface area (Å²) < 4.78 is 0. The second-order valence-corrected chi connectivity index (χ2v) is 6.55. The number of hydrogen-bond acceptors (Lipinski definition) is 3. The van der Waals surface area contributed by atoms with E-state index in [1.54, 1.807) is 12.1 Å². The molecule has 0 spiro atoms. The number of aliphatic hydroxyl groups excluding tert-OH is 1. The summed E-state index contributed by atoms with van der Waals surface area (Å²) in [5, 5.41) is 19.2. The van der Waals surface area contributed by atoms with E-state index >= 15 is 0 Å². The molecule has 4 nitrogen and oxygen atoms in total. The number of benzene rings is 1. The molecule has 0 bridgehead atoms. The summed E-state index contributed by atoms with van der Waals surface area (Å²) in [5.41, 5.74) is 1.66. The van der Waals surface area contributed by atoms with E-state index in [4.69, 9.17) is 0 Å². The molecule has 0 radical (unpaired) electrons. The van der Waals surface area contributed by atoms with Crippen LogP contribution in [0.15, 0.2) is 18.2 Å². The normalized spacial score (nSPS) is 26.8. The topological polar surface area (TPSA) is 60.8 Å². The van der Waals surface area contributed by atoms with Crippen molar-refractivity contribution in [2.45, 2.75) is 45.3 Å². The predicted octanol–water partition coefficient (Wildman–Crippen LogP) is 2.54. The highest BCUT2D eigenvalue weighted by molar-refractivity contribution is 5.98. The minimum atomic E-state index is -0.216. The number of hydrogen-bond donors (Lipinski definition) is 2. The molecule has 1 aliphatic carbocycles. The molecule has 1 aromatic carbocycles. The number of phenolic OH excluding ortho intramolecular Hbond substituents is 1. The molecule has 1 unspecified atom stereocenters. The molecule has 3 rings (SSSR count). The second-order valence-electron chi connectivity index (χ2n) is 6.55. The van der Waals surface area contributed by atoms with Gasteiger partial charge >= 0.3 is 0 Å². The Kier molecular flexibility index (Phi) is 3.89. The van der Waals surface area contributed by atoms with Gasteiger partial charge in [0.25, 0.3) is 5.91 Å². The van der Waals surface area contributed by atoms with Crippen LogP contribution in [-0.4, -0.2) is 33.7 Å². The monoisotopic (exact) mass is 289 g/mol. The summed E-state index contributed by atoms with van der Waals surface area (Å²) >= 11 is 0. The second kappa shape index (κ2) is 5.68. The van der Waals surface area contributed by atoms with Gasteiger partial charge in [-0.1, -0.05) is 6.07 Å². The Hall–Kier alpha value is -1.55. The van der Waals surface area contributed by atoms with E-state index in [0.29, 0.717) is 23.9 Å². The van der Waals surface area contributed by atoms with E-state index in [-0.39, 0.29) is 17.8 Å². The van der Waals surface area contributed by atoms with E-state index < -0.39 is 0 Å². The largest absolute Gasteiger partial charge is 0.508 e. The quantitative estimate of drug-likeness (QED) is 0.899. The minimum absolute atomic E-state index is 0.0403. The Labute approximate surface area is 125 Å². The zero-order valence-electron chi connectivity index (χ0n) is 12.5. The molecule has 1 heterocycles. The molecule has 1 atom stereocenters. The van der Waals surface area contributed by atoms with Crippen LogP contribution in [0.3, 0.4) is 0 Å². The number of carbonyl (C=O) groups excluding carboxylic acids is 1. The Morgan fingerprint density at radius 2 is 2.00 bits per heavy atom. The van der Waals surface area contributed by atoms with Crippen molar-refractivity contribution in [2.24, 2.45) is 11.8 Å². The number of aromatic hydroxyl groups is 1. The van der Waals surface area contributed by atoms with Crippen molar-refractivity contribution in [1.29, 1.82) is 0 Å². The van der Waals surface area contributed by atoms with Gasteiger partial charge in [-0.3, -0.25) is 4.79 Å². The summed E-state index contributed by atoms with van der Waals surface area (Å²) in [6, 6.07) is 5.05. The van der Waals surface area contributed by atoms with E-state index in [0.717, 1.165) is 37.8 Å². The minimum Gasteiger partial charge on any atom is -0.508 e. The molecule has 1 fully saturated rings. The van der Waals surface area contributed by atoms with Crippen molar-refractivity contribution in [1.82, 2.24) is 4.90 Å². The number of phenols is 1. The summed E-state index contributed by atoms with van der Waals surface area (Å²) in [6.07, 6.45) is 4.06. The first-order valence-electron chi connectivity index (χ1n) is 7.84. The summed E-state index contributed by atoms with van der Waals surface area (Å²) in [6.45, 7) is 3.32. The Morgan fingerprint density at radius 1 is 1.29 bits per heavy atom. The third-order valence-electron chi connectivity index (χ3n) is 5.02. The lowest BCUT2D eigenvalue weighted by Gasteiger charge is -2.32. The van der Waals surface area contributed by atoms with E-state index in [1.807, 2.05) is 17.9 Å². The average Bonchev–Trinajstić information content (AvgIpc) is 2.76. The van der Waals surface area contributed by atoms with Gasteiger partial charge in [0, 0.05) is 18.7 Å². The van der Waals surface area contributed by atoms with Crippen molar-refractivity contribution in [3.63, 3.8) is 0 Å². The Balaban J connectivity index is 1.60. The maximum atomic E-state index is 12.4. The zero-order chi connectivity index (χ0) is 15.0. The van der Waals surface area contributed by atoms with Crippen LogP contribution < -0.4 is 0 Å². The molecule has 0 saturated heterocycles. The van der Waals surface area contributed by atoms with Gasteiger partial charge in [-0.25, -0.2) is 0 Å². The van der Waals surface area contributed by atoms with Gasteiger partial charge < -0.3 is 15.1 Å². The van der Waals surface area contributed by atoms with Crippen LogP contribution in [-0.2, 0) is 6.54 Å². The predicted molar refractivity (Wildman–Crippen MR) is 80.0 cm³/mol. The number of carbonyl (C=O) groups is 1. The van der Waals surface area contributed by atoms with E-state index in [9.17, 15) is 15.0 Å². The molecule has 2 aliphatic rings. The zero-order valence-corrected chi connectivity index (χ0v) is 12.5. The fourth-order valence-corrected chi connectivity index (χ4v) is 3.66. The van der Waals surface area contributed by atoms with Gasteiger partial charge in [-0.05, 0) is 62.1 Å². The molecule has 4 heteroatoms. The Morgan fingerprint density at radius 3 is 2.67 bits per heavy atom. The van der Waals surface area contributed by atoms with Crippen LogP contribution in [0.5, 0.6) is 5.75 Å². The van der Waals surface area contributed by atoms with Gasteiger partial charge in [0.2, 0.25) is 0 Å². The van der Waals surface area contributed by atoms with Crippen molar-refractivity contribution in [3.05, 3.63) is 29.3 Å². The van der Waals surface area contributed by atoms with Crippen molar-refractivity contribution in [3.8, 4) is 5.75 Å². The third-order valence-corrected chi connectivity index (χ3v) is 5.02. The summed E-state index contributed by atoms with van der Waals surface area (Å²) in [5.74, 6) is 1.15. The van der Waals surface area contributed by atoms with Gasteiger partial charge in [0.15, 0.2) is 0 Å². The molecule has 2 N–H and O–H groups in total. The maximum absolute atomic E-state index is 12.4. The van der Waals surface area contributed by atoms with Crippen LogP contribution in [0.2, 0.25) is 0 Å². The van der Waals surface area contributed by atoms with Crippen LogP contribution in [0.1, 0.15) is 48.5 Å². The molecule has 114 valence electrons. The summed E-state index contributed by atoms with van der Waals surface area (Å²) in [7, 11) is 0. The highest BCUT2D eigenvalue weighted by Gasteiger charge is 2.31. The molecule has 21 heavy (non-hydrogen) atoms. The first kappa shape index (κ1) is 14.4. The van der Waals surface area contributed by atoms with E-state index in [2.05, 4.69) is 0 Å². The lowest BCUT2D eigenvalue weighted by atomic mass is 9.79. The van der Waals surface area contributed by atoms with Gasteiger partial charge in [0.1, 0.15) is 5.75 Å². The molecule has 1 aromatic rings. The van der Waals surface area contributed by atoms with Crippen LogP contribution in [0.4, 0.5) is 0 Å². The lowest BCUT2D eigenvalue weighted by Crippen LogP contribution is -2.33. The molecular weight excluding hydrogens is 266 g/mol. The Bertz CT molecular complexity index is 533. The van der Waals surface area contributed by atoms with Gasteiger partial charge in [0.05, 0.1) is 6.10 Å². The fraction of sp³-hybridized carbons (Fsp3) is 0.588. The van der Waals surface area contributed by atoms with Gasteiger partial charge in [-0.2, -0.15) is 0 Å². The molecule has 0 aromatic heterocycles. The first-order chi connectivity index (χ1) is 10.0. The van der Waals surface area contributed by atoms with Crippen LogP contribution in [0, 0.1) is 11.8 Å². The number of amides is 1. The van der Waals surface area contributed by atoms with Crippen molar-refractivity contribution >= 4 is 5.91 Å². The lowest BCUT2D eigenvalue weighted by molar-refractivity contribution is 0.0647. The van der Waals surface area contributed by atoms with E-state index in [1.165, 1.54) is 0 Å². The number of fused-ring (bicyclic) bond motifs is 1. The fourth-order valence-electron chi connectivity index (χ4n) is 3.66. The molecule has 1 amide bonds. The highest BCUT2D eigenvalue weighted by atomic mass is 16.3. The molecule has 1 saturated carbocycles. The third kappa shape index (κ3) is 2.91. The highest BCUT2D eigenvalue weighted by Crippen LogP contribution is 2.33. The molecule has 1 aliphatic heterocycles. The average molecular weight is 289 g/mol. The van der Waals surface area contributed by atoms with Crippen LogP contribution in [0.25, 0.3) is 0 Å². The van der Waals surface area contributed by atoms with Crippen LogP contribution >= 0.6 is 0 Å².